The minimum Gasteiger partial charge on any atom is -0.380 e. The molecular weight excluding hydrogens is 448 g/mol. The summed E-state index contributed by atoms with van der Waals surface area (Å²) in [6.45, 7) is 17.6. The first-order valence-electron chi connectivity index (χ1n) is 13.1. The van der Waals surface area contributed by atoms with Crippen LogP contribution < -0.4 is 21.3 Å². The van der Waals surface area contributed by atoms with Crippen molar-refractivity contribution in [1.82, 2.24) is 21.3 Å². The quantitative estimate of drug-likeness (QED) is 0.280. The average Bonchev–Trinajstić information content (AvgIpc) is 3.24. The van der Waals surface area contributed by atoms with Gasteiger partial charge in [0.1, 0.15) is 6.04 Å². The molecule has 2 unspecified atom stereocenters. The number of terminal acetylenes is 1. The Morgan fingerprint density at radius 3 is 2.39 bits per heavy atom. The fourth-order valence-corrected chi connectivity index (χ4v) is 4.50. The van der Waals surface area contributed by atoms with E-state index in [2.05, 4.69) is 80.2 Å². The number of carbonyl (C=O) groups excluding carboxylic acids is 2. The van der Waals surface area contributed by atoms with E-state index in [9.17, 15) is 9.59 Å². The molecule has 0 saturated carbocycles. The fourth-order valence-electron chi connectivity index (χ4n) is 4.50. The lowest BCUT2D eigenvalue weighted by Gasteiger charge is -2.31. The fraction of sp³-hybridized carbons (Fsp3) is 0.533. The molecule has 1 aliphatic heterocycles. The summed E-state index contributed by atoms with van der Waals surface area (Å²) in [6.07, 6.45) is 9.25. The van der Waals surface area contributed by atoms with Crippen LogP contribution in [0.25, 0.3) is 0 Å². The second kappa shape index (κ2) is 14.4. The Morgan fingerprint density at radius 1 is 1.14 bits per heavy atom. The van der Waals surface area contributed by atoms with Crippen LogP contribution in [0.15, 0.2) is 54.9 Å². The molecule has 1 aromatic rings. The maximum absolute atomic E-state index is 13.3. The summed E-state index contributed by atoms with van der Waals surface area (Å²) in [5.74, 6) is 2.86. The van der Waals surface area contributed by atoms with Gasteiger partial charge in [-0.1, -0.05) is 77.1 Å². The molecule has 4 N–H and O–H groups in total. The van der Waals surface area contributed by atoms with Gasteiger partial charge in [-0.2, -0.15) is 0 Å². The monoisotopic (exact) mass is 492 g/mol. The van der Waals surface area contributed by atoms with E-state index < -0.39 is 12.1 Å². The van der Waals surface area contributed by atoms with Gasteiger partial charge in [0.2, 0.25) is 11.8 Å². The van der Waals surface area contributed by atoms with Crippen molar-refractivity contribution in [2.24, 2.45) is 17.8 Å². The van der Waals surface area contributed by atoms with Crippen molar-refractivity contribution >= 4 is 11.8 Å². The Hall–Kier alpha value is -3.20. The minimum absolute atomic E-state index is 0.00748. The van der Waals surface area contributed by atoms with E-state index in [1.54, 1.807) is 0 Å². The molecule has 36 heavy (non-hydrogen) atoms. The van der Waals surface area contributed by atoms with Crippen LogP contribution in [0, 0.1) is 30.1 Å². The number of aryl methyl sites for hydroxylation is 1. The number of hydrogen-bond acceptors (Lipinski definition) is 4. The molecular formula is C30H44N4O2. The third kappa shape index (κ3) is 9.45. The molecule has 2 amide bonds. The minimum atomic E-state index is -0.493. The van der Waals surface area contributed by atoms with Crippen molar-refractivity contribution in [1.29, 1.82) is 0 Å². The highest BCUT2D eigenvalue weighted by atomic mass is 16.2. The summed E-state index contributed by atoms with van der Waals surface area (Å²) in [7, 11) is 0. The van der Waals surface area contributed by atoms with Gasteiger partial charge in [0, 0.05) is 23.9 Å². The molecule has 196 valence electrons. The number of benzene rings is 1. The van der Waals surface area contributed by atoms with Crippen LogP contribution in [0.2, 0.25) is 0 Å². The van der Waals surface area contributed by atoms with Crippen molar-refractivity contribution < 1.29 is 9.59 Å². The van der Waals surface area contributed by atoms with Crippen molar-refractivity contribution in [3.63, 3.8) is 0 Å². The van der Waals surface area contributed by atoms with Gasteiger partial charge in [-0.25, -0.2) is 0 Å². The van der Waals surface area contributed by atoms with Gasteiger partial charge in [0.25, 0.3) is 0 Å². The first-order chi connectivity index (χ1) is 17.1. The Morgan fingerprint density at radius 2 is 1.83 bits per heavy atom. The van der Waals surface area contributed by atoms with E-state index >= 15 is 0 Å². The molecule has 0 radical (unpaired) electrons. The van der Waals surface area contributed by atoms with Crippen molar-refractivity contribution in [3.8, 4) is 12.3 Å². The average molecular weight is 493 g/mol. The number of hydrogen-bond donors (Lipinski definition) is 4. The zero-order chi connectivity index (χ0) is 26.7. The molecule has 1 heterocycles. The second-order valence-corrected chi connectivity index (χ2v) is 10.5. The van der Waals surface area contributed by atoms with Crippen LogP contribution in [-0.2, 0) is 16.0 Å². The summed E-state index contributed by atoms with van der Waals surface area (Å²) in [4.78, 5) is 25.2. The van der Waals surface area contributed by atoms with E-state index in [-0.39, 0.29) is 35.6 Å². The zero-order valence-corrected chi connectivity index (χ0v) is 22.4. The van der Waals surface area contributed by atoms with Gasteiger partial charge in [-0.05, 0) is 49.5 Å². The van der Waals surface area contributed by atoms with Crippen LogP contribution in [0.5, 0.6) is 0 Å². The molecule has 1 aromatic carbocycles. The Labute approximate surface area is 217 Å². The topological polar surface area (TPSA) is 82.3 Å². The number of allylic oxidation sites excluding steroid dienone is 1. The Bertz CT molecular complexity index is 932. The molecule has 0 bridgehead atoms. The molecule has 0 aromatic heterocycles. The maximum Gasteiger partial charge on any atom is 0.243 e. The summed E-state index contributed by atoms with van der Waals surface area (Å²) >= 11 is 0. The number of nitrogens with one attached hydrogen (secondary N) is 4. The Balaban J connectivity index is 1.99. The van der Waals surface area contributed by atoms with E-state index in [0.717, 1.165) is 30.7 Å². The van der Waals surface area contributed by atoms with Gasteiger partial charge in [0.05, 0.1) is 12.1 Å². The van der Waals surface area contributed by atoms with Gasteiger partial charge < -0.3 is 21.3 Å². The van der Waals surface area contributed by atoms with Gasteiger partial charge >= 0.3 is 0 Å². The Kier molecular flexibility index (Phi) is 11.6. The molecule has 4 atom stereocenters. The normalized spacial score (nSPS) is 17.6. The molecule has 1 aliphatic rings. The van der Waals surface area contributed by atoms with Crippen molar-refractivity contribution in [3.05, 3.63) is 60.4 Å². The summed E-state index contributed by atoms with van der Waals surface area (Å²) in [5.41, 5.74) is 2.96. The molecule has 0 aliphatic carbocycles. The largest absolute Gasteiger partial charge is 0.380 e. The van der Waals surface area contributed by atoms with Gasteiger partial charge in [-0.3, -0.25) is 9.59 Å². The van der Waals surface area contributed by atoms with Gasteiger partial charge in [0.15, 0.2) is 0 Å². The van der Waals surface area contributed by atoms with Crippen molar-refractivity contribution in [2.75, 3.05) is 6.54 Å². The maximum atomic E-state index is 13.3. The highest BCUT2D eigenvalue weighted by Gasteiger charge is 2.30. The molecule has 2 rings (SSSR count). The summed E-state index contributed by atoms with van der Waals surface area (Å²) < 4.78 is 0. The zero-order valence-electron chi connectivity index (χ0n) is 22.4. The standard InChI is InChI=1S/C30H44N4O2/c1-8-26(19-25-16-17-31-29(25)35)34-30(36)27(18-20(2)3)33-23(7)28(21(4)5)32-22(6)14-15-24-12-10-9-11-13-24/h1,9-13,20-21,25-28,32-33H,6-7,14-19H2,2-5H3,(H,31,35)(H,34,36)/t25-,26?,27-,28?/m0/s1. The van der Waals surface area contributed by atoms with Crippen LogP contribution in [0.1, 0.15) is 58.9 Å². The van der Waals surface area contributed by atoms with E-state index in [1.807, 2.05) is 18.2 Å². The molecule has 6 heteroatoms. The summed E-state index contributed by atoms with van der Waals surface area (Å²) in [6, 6.07) is 9.28. The van der Waals surface area contributed by atoms with E-state index in [0.29, 0.717) is 19.4 Å². The highest BCUT2D eigenvalue weighted by Crippen LogP contribution is 2.18. The van der Waals surface area contributed by atoms with Crippen molar-refractivity contribution in [2.45, 2.75) is 77.9 Å². The molecule has 1 saturated heterocycles. The van der Waals surface area contributed by atoms with Crippen LogP contribution in [-0.4, -0.2) is 36.5 Å². The number of rotatable bonds is 15. The highest BCUT2D eigenvalue weighted by molar-refractivity contribution is 5.83. The third-order valence-electron chi connectivity index (χ3n) is 6.54. The second-order valence-electron chi connectivity index (χ2n) is 10.5. The predicted octanol–water partition coefficient (Wildman–Crippen LogP) is 3.91. The van der Waals surface area contributed by atoms with Gasteiger partial charge in [-0.15, -0.1) is 6.42 Å². The van der Waals surface area contributed by atoms with Crippen LogP contribution in [0.3, 0.4) is 0 Å². The molecule has 1 fully saturated rings. The lowest BCUT2D eigenvalue weighted by molar-refractivity contribution is -0.125. The smallest absolute Gasteiger partial charge is 0.243 e. The van der Waals surface area contributed by atoms with E-state index in [4.69, 9.17) is 6.42 Å². The number of amides is 2. The van der Waals surface area contributed by atoms with Crippen LogP contribution >= 0.6 is 0 Å². The first kappa shape index (κ1) is 29.0. The lowest BCUT2D eigenvalue weighted by atomic mass is 9.96. The SMILES string of the molecule is C#CC(C[C@@H]1CCNC1=O)NC(=O)[C@H](CC(C)C)NC(=C)C(NC(=C)CCc1ccccc1)C(C)C. The predicted molar refractivity (Wildman–Crippen MR) is 148 cm³/mol. The molecule has 0 spiro atoms. The van der Waals surface area contributed by atoms with Crippen LogP contribution in [0.4, 0.5) is 0 Å². The third-order valence-corrected chi connectivity index (χ3v) is 6.54. The first-order valence-corrected chi connectivity index (χ1v) is 13.1. The van der Waals surface area contributed by atoms with E-state index in [1.165, 1.54) is 5.56 Å². The molecule has 6 nitrogen and oxygen atoms in total. The summed E-state index contributed by atoms with van der Waals surface area (Å²) in [5, 5.41) is 12.7. The number of carbonyl (C=O) groups is 2. The lowest BCUT2D eigenvalue weighted by Crippen LogP contribution is -2.51.